The maximum atomic E-state index is 13.6. The highest BCUT2D eigenvalue weighted by Gasteiger charge is 2.43. The average molecular weight is 806 g/mol. The molecule has 15 nitrogen and oxygen atoms in total. The number of carbonyl (C=O) groups is 5. The summed E-state index contributed by atoms with van der Waals surface area (Å²) in [6.45, 7) is 17.2. The van der Waals surface area contributed by atoms with Crippen molar-refractivity contribution >= 4 is 29.8 Å². The highest BCUT2D eigenvalue weighted by molar-refractivity contribution is 5.91. The molecule has 0 bridgehead atoms. The van der Waals surface area contributed by atoms with Gasteiger partial charge in [0.25, 0.3) is 0 Å². The van der Waals surface area contributed by atoms with Gasteiger partial charge in [-0.1, -0.05) is 33.8 Å². The van der Waals surface area contributed by atoms with Crippen LogP contribution in [0.2, 0.25) is 0 Å². The number of ether oxygens (including phenoxy) is 7. The Bertz CT molecular complexity index is 1500. The maximum absolute atomic E-state index is 13.6. The number of methoxy groups -OCH3 is 2. The predicted molar refractivity (Wildman–Crippen MR) is 213 cm³/mol. The van der Waals surface area contributed by atoms with Gasteiger partial charge in [-0.2, -0.15) is 0 Å². The monoisotopic (exact) mass is 805 g/mol. The first-order valence-corrected chi connectivity index (χ1v) is 19.7. The molecule has 0 radical (unpaired) electrons. The minimum absolute atomic E-state index is 0.0599. The van der Waals surface area contributed by atoms with E-state index >= 15 is 0 Å². The normalized spacial score (nSPS) is 17.0. The van der Waals surface area contributed by atoms with Crippen LogP contribution >= 0.6 is 0 Å². The van der Waals surface area contributed by atoms with Crippen LogP contribution in [0.15, 0.2) is 30.4 Å². The number of hydrogen-bond donors (Lipinski definition) is 2. The molecule has 1 saturated heterocycles. The van der Waals surface area contributed by atoms with Crippen LogP contribution in [0.25, 0.3) is 0 Å². The lowest BCUT2D eigenvalue weighted by Crippen LogP contribution is -2.47. The molecule has 1 aliphatic rings. The minimum Gasteiger partial charge on any atom is -0.493 e. The number of nitrogens with two attached hydrogens (primary N) is 1. The van der Waals surface area contributed by atoms with Crippen LogP contribution in [-0.2, 0) is 49.3 Å². The van der Waals surface area contributed by atoms with Crippen LogP contribution in [0.5, 0.6) is 11.5 Å². The zero-order chi connectivity index (χ0) is 42.9. The topological polar surface area (TPSA) is 191 Å². The molecule has 0 aliphatic carbocycles. The fraction of sp³-hybridized carbons (Fsp3) is 0.690. The molecular weight excluding hydrogens is 738 g/mol. The van der Waals surface area contributed by atoms with Gasteiger partial charge in [0, 0.05) is 44.8 Å². The van der Waals surface area contributed by atoms with Gasteiger partial charge in [0.15, 0.2) is 11.5 Å². The van der Waals surface area contributed by atoms with Gasteiger partial charge in [-0.3, -0.25) is 14.5 Å². The van der Waals surface area contributed by atoms with Crippen molar-refractivity contribution in [3.8, 4) is 11.5 Å². The van der Waals surface area contributed by atoms with Crippen molar-refractivity contribution in [2.24, 2.45) is 34.8 Å². The molecule has 3 amide bonds. The van der Waals surface area contributed by atoms with Gasteiger partial charge in [-0.25, -0.2) is 14.4 Å². The molecule has 2 rings (SSSR count). The Labute approximate surface area is 338 Å². The van der Waals surface area contributed by atoms with Gasteiger partial charge < -0.3 is 44.2 Å². The number of primary amides is 1. The van der Waals surface area contributed by atoms with E-state index in [1.807, 2.05) is 32.0 Å². The Morgan fingerprint density at radius 2 is 1.56 bits per heavy atom. The Morgan fingerprint density at radius 3 is 2.16 bits per heavy atom. The second kappa shape index (κ2) is 23.1. The van der Waals surface area contributed by atoms with E-state index in [1.165, 1.54) is 4.90 Å². The Morgan fingerprint density at radius 1 is 0.895 bits per heavy atom. The number of hydrogen-bond acceptors (Lipinski definition) is 12. The number of amides is 3. The molecule has 1 heterocycles. The third kappa shape index (κ3) is 16.9. The summed E-state index contributed by atoms with van der Waals surface area (Å²) in [6.07, 6.45) is 2.96. The van der Waals surface area contributed by atoms with Gasteiger partial charge in [-0.15, -0.1) is 0 Å². The Balaban J connectivity index is 2.29. The first-order valence-electron chi connectivity index (χ1n) is 19.7. The fourth-order valence-electron chi connectivity index (χ4n) is 6.16. The summed E-state index contributed by atoms with van der Waals surface area (Å²) in [7, 11) is 3.24. The predicted octanol–water partition coefficient (Wildman–Crippen LogP) is 5.21. The number of esters is 2. The lowest BCUT2D eigenvalue weighted by atomic mass is 9.80. The molecule has 0 aromatic heterocycles. The second-order valence-corrected chi connectivity index (χ2v) is 16.7. The van der Waals surface area contributed by atoms with E-state index in [0.29, 0.717) is 44.0 Å². The molecule has 1 aromatic carbocycles. The van der Waals surface area contributed by atoms with E-state index in [0.717, 1.165) is 24.1 Å². The van der Waals surface area contributed by atoms with E-state index < -0.39 is 53.0 Å². The van der Waals surface area contributed by atoms with Crippen molar-refractivity contribution in [3.63, 3.8) is 0 Å². The van der Waals surface area contributed by atoms with Crippen molar-refractivity contribution in [1.29, 1.82) is 0 Å². The Hall–Kier alpha value is -4.37. The van der Waals surface area contributed by atoms with Gasteiger partial charge in [0.2, 0.25) is 11.8 Å². The molecular formula is C42H67N3O12. The van der Waals surface area contributed by atoms with Crippen molar-refractivity contribution in [2.75, 3.05) is 53.9 Å². The summed E-state index contributed by atoms with van der Waals surface area (Å²) in [5.41, 5.74) is 4.92. The van der Waals surface area contributed by atoms with Crippen molar-refractivity contribution in [1.82, 2.24) is 10.2 Å². The van der Waals surface area contributed by atoms with Crippen LogP contribution in [0.4, 0.5) is 4.79 Å². The quantitative estimate of drug-likeness (QED) is 0.0637. The SMILES string of the molecule is COCCCOc1cc(C[C@H](C[C@H]2[C@H](C[C@H](C(=O)NCC(C)(C)C(N)=O)C(C)C)OCN2C(=O)OCCOC(=O)/C=C/C(=O)OC(C)(C)C)C(C)C)ccc1OC. The molecule has 1 aromatic rings. The minimum atomic E-state index is -0.937. The average Bonchev–Trinajstić information content (AvgIpc) is 3.52. The third-order valence-electron chi connectivity index (χ3n) is 9.77. The highest BCUT2D eigenvalue weighted by atomic mass is 16.6. The number of nitrogens with one attached hydrogen (secondary N) is 1. The zero-order valence-electron chi connectivity index (χ0n) is 35.8. The molecule has 15 heteroatoms. The molecule has 0 unspecified atom stereocenters. The lowest BCUT2D eigenvalue weighted by molar-refractivity contribution is -0.149. The van der Waals surface area contributed by atoms with E-state index in [4.69, 9.17) is 38.9 Å². The van der Waals surface area contributed by atoms with E-state index in [-0.39, 0.29) is 50.2 Å². The van der Waals surface area contributed by atoms with E-state index in [1.54, 1.807) is 48.8 Å². The first kappa shape index (κ1) is 48.8. The number of nitrogens with zero attached hydrogens (tertiary/aromatic N) is 1. The summed E-state index contributed by atoms with van der Waals surface area (Å²) >= 11 is 0. The summed E-state index contributed by atoms with van der Waals surface area (Å²) in [5, 5.41) is 2.90. The van der Waals surface area contributed by atoms with Crippen LogP contribution in [0.1, 0.15) is 87.1 Å². The van der Waals surface area contributed by atoms with Gasteiger partial charge in [0.1, 0.15) is 25.5 Å². The van der Waals surface area contributed by atoms with Crippen LogP contribution in [0.3, 0.4) is 0 Å². The second-order valence-electron chi connectivity index (χ2n) is 16.7. The van der Waals surface area contributed by atoms with Crippen LogP contribution in [0, 0.1) is 29.1 Å². The smallest absolute Gasteiger partial charge is 0.412 e. The molecule has 4 atom stereocenters. The summed E-state index contributed by atoms with van der Waals surface area (Å²) in [6, 6.07) is 5.39. The van der Waals surface area contributed by atoms with Gasteiger partial charge in [-0.05, 0) is 89.3 Å². The van der Waals surface area contributed by atoms with Crippen molar-refractivity contribution in [2.45, 2.75) is 106 Å². The van der Waals surface area contributed by atoms with Crippen molar-refractivity contribution in [3.05, 3.63) is 35.9 Å². The summed E-state index contributed by atoms with van der Waals surface area (Å²) < 4.78 is 38.8. The largest absolute Gasteiger partial charge is 0.493 e. The number of rotatable bonds is 23. The molecule has 1 aliphatic heterocycles. The Kier molecular flexibility index (Phi) is 19.8. The highest BCUT2D eigenvalue weighted by Crippen LogP contribution is 2.36. The van der Waals surface area contributed by atoms with Gasteiger partial charge in [0.05, 0.1) is 31.3 Å². The first-order chi connectivity index (χ1) is 26.7. The molecule has 3 N–H and O–H groups in total. The summed E-state index contributed by atoms with van der Waals surface area (Å²) in [5.74, 6) is -1.33. The molecule has 322 valence electrons. The number of carbonyl (C=O) groups excluding carboxylic acids is 5. The van der Waals surface area contributed by atoms with Gasteiger partial charge >= 0.3 is 18.0 Å². The fourth-order valence-corrected chi connectivity index (χ4v) is 6.16. The zero-order valence-corrected chi connectivity index (χ0v) is 35.8. The van der Waals surface area contributed by atoms with Crippen LogP contribution in [-0.4, -0.2) is 106 Å². The molecule has 0 spiro atoms. The molecule has 0 saturated carbocycles. The van der Waals surface area contributed by atoms with Crippen molar-refractivity contribution < 1.29 is 57.1 Å². The lowest BCUT2D eigenvalue weighted by Gasteiger charge is -2.33. The van der Waals surface area contributed by atoms with E-state index in [2.05, 4.69) is 19.2 Å². The maximum Gasteiger partial charge on any atom is 0.412 e. The van der Waals surface area contributed by atoms with E-state index in [9.17, 15) is 24.0 Å². The molecule has 57 heavy (non-hydrogen) atoms. The summed E-state index contributed by atoms with van der Waals surface area (Å²) in [4.78, 5) is 64.7. The third-order valence-corrected chi connectivity index (χ3v) is 9.77. The standard InChI is InChI=1S/C42H67N3O12/c1-27(2)30(21-29-13-14-33(52-11)35(22-29)53-18-12-17-51-10)23-32-34(24-31(28(3)4)38(48)44-25-42(8,9)39(43)49)56-26-45(32)40(50)55-20-19-54-36(46)15-16-37(47)57-41(5,6)7/h13-16,22,27-28,30-32,34H,12,17-21,23-26H2,1-11H3,(H2,43,49)(H,44,48)/b16-15+/t30-,31+,32+,34+/m1/s1. The number of benzene rings is 1. The van der Waals surface area contributed by atoms with Crippen LogP contribution < -0.4 is 20.5 Å². The molecule has 1 fully saturated rings.